The Balaban J connectivity index is 0.00000243. The summed E-state index contributed by atoms with van der Waals surface area (Å²) in [4.78, 5) is 0. The van der Waals surface area contributed by atoms with Crippen molar-refractivity contribution in [2.24, 2.45) is 0 Å². The van der Waals surface area contributed by atoms with Crippen molar-refractivity contribution in [3.63, 3.8) is 0 Å². The summed E-state index contributed by atoms with van der Waals surface area (Å²) in [6, 6.07) is 18.8. The third-order valence-corrected chi connectivity index (χ3v) is 5.09. The van der Waals surface area contributed by atoms with Gasteiger partial charge in [0.15, 0.2) is 0 Å². The highest BCUT2D eigenvalue weighted by atomic mass is 35.5. The van der Waals surface area contributed by atoms with Crippen molar-refractivity contribution in [1.82, 2.24) is 5.32 Å². The van der Waals surface area contributed by atoms with E-state index in [9.17, 15) is 5.11 Å². The second kappa shape index (κ2) is 10.1. The third kappa shape index (κ3) is 5.08. The topological polar surface area (TPSA) is 41.5 Å². The summed E-state index contributed by atoms with van der Waals surface area (Å²) in [6.07, 6.45) is 3.30. The van der Waals surface area contributed by atoms with E-state index in [1.54, 1.807) is 0 Å². The van der Waals surface area contributed by atoms with Crippen molar-refractivity contribution >= 4 is 12.4 Å². The lowest BCUT2D eigenvalue weighted by atomic mass is 9.82. The van der Waals surface area contributed by atoms with Crippen molar-refractivity contribution in [3.05, 3.63) is 60.2 Å². The Labute approximate surface area is 163 Å². The minimum Gasteiger partial charge on any atom is -0.387 e. The van der Waals surface area contributed by atoms with Gasteiger partial charge in [0.05, 0.1) is 18.3 Å². The first-order valence-electron chi connectivity index (χ1n) is 9.41. The van der Waals surface area contributed by atoms with Crippen LogP contribution in [0.1, 0.15) is 31.7 Å². The van der Waals surface area contributed by atoms with Crippen LogP contribution in [0.2, 0.25) is 0 Å². The van der Waals surface area contributed by atoms with Crippen molar-refractivity contribution in [3.8, 4) is 11.1 Å². The molecule has 0 bridgehead atoms. The van der Waals surface area contributed by atoms with Gasteiger partial charge in [-0.25, -0.2) is 0 Å². The molecule has 2 aromatic rings. The number of halogens is 1. The van der Waals surface area contributed by atoms with Crippen molar-refractivity contribution in [2.75, 3.05) is 19.7 Å². The summed E-state index contributed by atoms with van der Waals surface area (Å²) in [5.41, 5.74) is 2.73. The Bertz CT molecular complexity index is 658. The van der Waals surface area contributed by atoms with Crippen LogP contribution < -0.4 is 5.32 Å². The minimum absolute atomic E-state index is 0. The van der Waals surface area contributed by atoms with Crippen LogP contribution in [0.4, 0.5) is 0 Å². The molecular formula is C22H30ClNO2. The van der Waals surface area contributed by atoms with E-state index in [0.717, 1.165) is 25.8 Å². The summed E-state index contributed by atoms with van der Waals surface area (Å²) >= 11 is 0. The lowest BCUT2D eigenvalue weighted by Crippen LogP contribution is -2.54. The molecular weight excluding hydrogens is 346 g/mol. The van der Waals surface area contributed by atoms with Gasteiger partial charge in [-0.15, -0.1) is 12.4 Å². The van der Waals surface area contributed by atoms with Crippen LogP contribution in [-0.2, 0) is 11.2 Å². The highest BCUT2D eigenvalue weighted by Crippen LogP contribution is 2.31. The third-order valence-electron chi connectivity index (χ3n) is 5.09. The summed E-state index contributed by atoms with van der Waals surface area (Å²) in [7, 11) is 0. The van der Waals surface area contributed by atoms with Gasteiger partial charge in [-0.3, -0.25) is 0 Å². The van der Waals surface area contributed by atoms with E-state index in [4.69, 9.17) is 4.74 Å². The van der Waals surface area contributed by atoms with E-state index in [-0.39, 0.29) is 18.5 Å². The fraction of sp³-hybridized carbons (Fsp3) is 0.455. The van der Waals surface area contributed by atoms with Crippen LogP contribution in [0.15, 0.2) is 54.6 Å². The lowest BCUT2D eigenvalue weighted by Gasteiger charge is -2.39. The number of rotatable bonds is 7. The zero-order chi connectivity index (χ0) is 17.5. The smallest absolute Gasteiger partial charge is 0.0989 e. The van der Waals surface area contributed by atoms with Gasteiger partial charge in [0.2, 0.25) is 0 Å². The molecule has 0 saturated carbocycles. The number of hydrogen-bond acceptors (Lipinski definition) is 3. The largest absolute Gasteiger partial charge is 0.387 e. The molecule has 1 heterocycles. The van der Waals surface area contributed by atoms with E-state index in [1.165, 1.54) is 16.7 Å². The maximum absolute atomic E-state index is 11.5. The van der Waals surface area contributed by atoms with Crippen LogP contribution in [-0.4, -0.2) is 36.5 Å². The molecule has 2 aromatic carbocycles. The first-order valence-corrected chi connectivity index (χ1v) is 9.41. The van der Waals surface area contributed by atoms with Gasteiger partial charge in [0, 0.05) is 19.5 Å². The van der Waals surface area contributed by atoms with Gasteiger partial charge < -0.3 is 15.2 Å². The molecule has 3 nitrogen and oxygen atoms in total. The molecule has 1 fully saturated rings. The molecule has 2 atom stereocenters. The maximum Gasteiger partial charge on any atom is 0.0989 e. The Kier molecular flexibility index (Phi) is 8.11. The molecule has 142 valence electrons. The fourth-order valence-electron chi connectivity index (χ4n) is 3.66. The fourth-order valence-corrected chi connectivity index (χ4v) is 3.66. The number of morpholine rings is 1. The first kappa shape index (κ1) is 20.9. The second-order valence-corrected chi connectivity index (χ2v) is 6.97. The second-order valence-electron chi connectivity index (χ2n) is 6.97. The first-order chi connectivity index (χ1) is 12.2. The lowest BCUT2D eigenvalue weighted by molar-refractivity contribution is -0.123. The highest BCUT2D eigenvalue weighted by molar-refractivity contribution is 5.85. The number of ether oxygens (including phenoxy) is 1. The molecule has 2 unspecified atom stereocenters. The van der Waals surface area contributed by atoms with Crippen LogP contribution in [0.3, 0.4) is 0 Å². The molecule has 1 aliphatic rings. The van der Waals surface area contributed by atoms with Crippen molar-refractivity contribution in [2.45, 2.75) is 44.3 Å². The Hall–Kier alpha value is -1.39. The molecule has 26 heavy (non-hydrogen) atoms. The van der Waals surface area contributed by atoms with E-state index >= 15 is 0 Å². The molecule has 2 N–H and O–H groups in total. The molecule has 1 aliphatic heterocycles. The minimum atomic E-state index is -0.839. The van der Waals surface area contributed by atoms with Crippen LogP contribution in [0.5, 0.6) is 0 Å². The van der Waals surface area contributed by atoms with Gasteiger partial charge >= 0.3 is 0 Å². The quantitative estimate of drug-likeness (QED) is 0.761. The Morgan fingerprint density at radius 3 is 2.54 bits per heavy atom. The molecule has 0 aromatic heterocycles. The van der Waals surface area contributed by atoms with Gasteiger partial charge in [-0.05, 0) is 23.1 Å². The van der Waals surface area contributed by atoms with Gasteiger partial charge in [0.25, 0.3) is 0 Å². The summed E-state index contributed by atoms with van der Waals surface area (Å²) in [5.74, 6) is 0. The van der Waals surface area contributed by atoms with E-state index in [2.05, 4.69) is 60.8 Å². The predicted octanol–water partition coefficient (Wildman–Crippen LogP) is 4.23. The molecule has 0 aliphatic carbocycles. The summed E-state index contributed by atoms with van der Waals surface area (Å²) < 4.78 is 5.95. The van der Waals surface area contributed by atoms with Gasteiger partial charge in [-0.1, -0.05) is 74.4 Å². The Morgan fingerprint density at radius 2 is 1.85 bits per heavy atom. The predicted molar refractivity (Wildman–Crippen MR) is 110 cm³/mol. The SMILES string of the molecule is CCCCC(O)(Cc1ccccc1-c1ccccc1)C1CNCCO1.Cl. The van der Waals surface area contributed by atoms with Gasteiger partial charge in [-0.2, -0.15) is 0 Å². The van der Waals surface area contributed by atoms with E-state index < -0.39 is 5.60 Å². The van der Waals surface area contributed by atoms with Crippen LogP contribution in [0.25, 0.3) is 11.1 Å². The number of unbranched alkanes of at least 4 members (excludes halogenated alkanes) is 1. The monoisotopic (exact) mass is 375 g/mol. The number of hydrogen-bond donors (Lipinski definition) is 2. The van der Waals surface area contributed by atoms with Crippen LogP contribution in [0, 0.1) is 0 Å². The van der Waals surface area contributed by atoms with Gasteiger partial charge in [0.1, 0.15) is 0 Å². The normalized spacial score (nSPS) is 19.4. The van der Waals surface area contributed by atoms with E-state index in [1.807, 2.05) is 6.07 Å². The molecule has 0 spiro atoms. The molecule has 0 amide bonds. The molecule has 1 saturated heterocycles. The number of nitrogens with one attached hydrogen (secondary N) is 1. The average Bonchev–Trinajstić information content (AvgIpc) is 2.68. The van der Waals surface area contributed by atoms with Crippen molar-refractivity contribution < 1.29 is 9.84 Å². The zero-order valence-electron chi connectivity index (χ0n) is 15.5. The van der Waals surface area contributed by atoms with Crippen LogP contribution >= 0.6 is 12.4 Å². The van der Waals surface area contributed by atoms with Crippen molar-refractivity contribution in [1.29, 1.82) is 0 Å². The molecule has 4 heteroatoms. The van der Waals surface area contributed by atoms with E-state index in [0.29, 0.717) is 19.6 Å². The summed E-state index contributed by atoms with van der Waals surface area (Å²) in [6.45, 7) is 4.41. The molecule has 3 rings (SSSR count). The number of aliphatic hydroxyl groups is 1. The molecule has 0 radical (unpaired) electrons. The maximum atomic E-state index is 11.5. The zero-order valence-corrected chi connectivity index (χ0v) is 16.3. The standard InChI is InChI=1S/C22H29NO2.ClH/c1-2-3-13-22(24,21-17-23-14-15-25-21)16-19-11-7-8-12-20(19)18-9-5-4-6-10-18;/h4-12,21,23-24H,2-3,13-17H2,1H3;1H. The number of benzene rings is 2. The average molecular weight is 376 g/mol. The summed E-state index contributed by atoms with van der Waals surface area (Å²) in [5, 5.41) is 14.9. The Morgan fingerprint density at radius 1 is 1.12 bits per heavy atom. The highest BCUT2D eigenvalue weighted by Gasteiger charge is 2.38.